The van der Waals surface area contributed by atoms with Gasteiger partial charge in [0, 0.05) is 11.8 Å². The molecule has 3 heteroatoms. The van der Waals surface area contributed by atoms with Crippen molar-refractivity contribution in [2.24, 2.45) is 11.6 Å². The Kier molecular flexibility index (Phi) is 2.72. The summed E-state index contributed by atoms with van der Waals surface area (Å²) < 4.78 is 0. The van der Waals surface area contributed by atoms with Crippen molar-refractivity contribution >= 4 is 0 Å². The number of rotatable bonds is 2. The molecule has 0 saturated heterocycles. The molecular formula is C5H10N2O. The summed E-state index contributed by atoms with van der Waals surface area (Å²) in [5.74, 6) is 5.31. The smallest absolute Gasteiger partial charge is 0.122 e. The van der Waals surface area contributed by atoms with Crippen LogP contribution in [-0.4, -0.2) is 0 Å². The zero-order valence-corrected chi connectivity index (χ0v) is 4.85. The van der Waals surface area contributed by atoms with Crippen LogP contribution in [0, 0.1) is 0 Å². The molecule has 4 N–H and O–H groups in total. The maximum Gasteiger partial charge on any atom is 0.122 e. The summed E-state index contributed by atoms with van der Waals surface area (Å²) in [6.07, 6.45) is 1.54. The molecule has 0 radical (unpaired) electrons. The van der Waals surface area contributed by atoms with E-state index in [1.165, 1.54) is 0 Å². The first-order chi connectivity index (χ1) is 3.66. The molecule has 0 aromatic heterocycles. The van der Waals surface area contributed by atoms with E-state index >= 15 is 0 Å². The van der Waals surface area contributed by atoms with Gasteiger partial charge >= 0.3 is 0 Å². The normalized spacial score (nSPS) is 11.0. The van der Waals surface area contributed by atoms with Crippen molar-refractivity contribution in [1.29, 1.82) is 0 Å². The van der Waals surface area contributed by atoms with Gasteiger partial charge in [0.05, 0.1) is 0 Å². The Labute approximate surface area is 48.6 Å². The van der Waals surface area contributed by atoms with Crippen LogP contribution in [0.4, 0.5) is 0 Å². The molecule has 0 bridgehead atoms. The molecule has 0 heterocycles. The Morgan fingerprint density at radius 1 is 1.75 bits per heavy atom. The van der Waals surface area contributed by atoms with Crippen LogP contribution in [0.25, 0.3) is 0 Å². The largest absolute Gasteiger partial charge is 0.416 e. The van der Waals surface area contributed by atoms with Crippen molar-refractivity contribution in [2.45, 2.75) is 6.92 Å². The average molecular weight is 114 g/mol. The maximum absolute atomic E-state index is 5.16. The molecule has 0 rings (SSSR count). The van der Waals surface area contributed by atoms with Crippen molar-refractivity contribution < 1.29 is 4.84 Å². The molecule has 8 heavy (non-hydrogen) atoms. The van der Waals surface area contributed by atoms with Gasteiger partial charge in [-0.2, -0.15) is 5.90 Å². The number of hydrogen-bond acceptors (Lipinski definition) is 3. The van der Waals surface area contributed by atoms with Crippen LogP contribution in [0.3, 0.4) is 0 Å². The van der Waals surface area contributed by atoms with E-state index in [2.05, 4.69) is 11.4 Å². The molecule has 0 aliphatic heterocycles. The van der Waals surface area contributed by atoms with E-state index in [1.807, 2.05) is 0 Å². The predicted octanol–water partition coefficient (Wildman–Crippen LogP) is 0.253. The highest BCUT2D eigenvalue weighted by atomic mass is 16.6. The van der Waals surface area contributed by atoms with E-state index in [4.69, 9.17) is 11.6 Å². The van der Waals surface area contributed by atoms with Gasteiger partial charge in [-0.05, 0) is 6.92 Å². The molecule has 0 spiro atoms. The summed E-state index contributed by atoms with van der Waals surface area (Å²) in [4.78, 5) is 4.28. The van der Waals surface area contributed by atoms with E-state index < -0.39 is 0 Å². The highest BCUT2D eigenvalue weighted by Gasteiger charge is 1.82. The second-order valence-electron chi connectivity index (χ2n) is 1.45. The summed E-state index contributed by atoms with van der Waals surface area (Å²) in [7, 11) is 0. The molecule has 0 aliphatic carbocycles. The number of hydrogen-bond donors (Lipinski definition) is 2. The van der Waals surface area contributed by atoms with Gasteiger partial charge in [0.2, 0.25) is 0 Å². The fraction of sp³-hybridized carbons (Fsp3) is 0.200. The summed E-state index contributed by atoms with van der Waals surface area (Å²) in [6.45, 7) is 5.10. The molecule has 3 nitrogen and oxygen atoms in total. The highest BCUT2D eigenvalue weighted by molar-refractivity contribution is 5.11. The van der Waals surface area contributed by atoms with E-state index in [0.717, 1.165) is 0 Å². The molecule has 0 saturated carbocycles. The molecule has 0 aromatic carbocycles. The lowest BCUT2D eigenvalue weighted by atomic mass is 10.4. The second kappa shape index (κ2) is 3.10. The van der Waals surface area contributed by atoms with Crippen LogP contribution in [-0.2, 0) is 4.84 Å². The van der Waals surface area contributed by atoms with Gasteiger partial charge < -0.3 is 10.6 Å². The monoisotopic (exact) mass is 114 g/mol. The summed E-state index contributed by atoms with van der Waals surface area (Å²) in [6, 6.07) is 0. The predicted molar refractivity (Wildman–Crippen MR) is 32.4 cm³/mol. The molecule has 0 amide bonds. The van der Waals surface area contributed by atoms with Gasteiger partial charge in [0.1, 0.15) is 5.76 Å². The Morgan fingerprint density at radius 3 is 2.38 bits per heavy atom. The third-order valence-corrected chi connectivity index (χ3v) is 0.575. The lowest BCUT2D eigenvalue weighted by Gasteiger charge is -1.94. The molecule has 0 fully saturated rings. The van der Waals surface area contributed by atoms with Crippen molar-refractivity contribution in [3.8, 4) is 0 Å². The van der Waals surface area contributed by atoms with Gasteiger partial charge in [-0.3, -0.25) is 0 Å². The SMILES string of the molecule is C=C(N)/C=C(/C)ON. The first kappa shape index (κ1) is 7.04. The van der Waals surface area contributed by atoms with Crippen LogP contribution in [0.1, 0.15) is 6.92 Å². The van der Waals surface area contributed by atoms with Gasteiger partial charge in [0.15, 0.2) is 0 Å². The first-order valence-corrected chi connectivity index (χ1v) is 2.16. The quantitative estimate of drug-likeness (QED) is 0.307. The number of nitrogens with two attached hydrogens (primary N) is 2. The van der Waals surface area contributed by atoms with Crippen LogP contribution < -0.4 is 11.6 Å². The molecular weight excluding hydrogens is 104 g/mol. The van der Waals surface area contributed by atoms with E-state index in [9.17, 15) is 0 Å². The van der Waals surface area contributed by atoms with Gasteiger partial charge in [-0.15, -0.1) is 0 Å². The highest BCUT2D eigenvalue weighted by Crippen LogP contribution is 1.91. The van der Waals surface area contributed by atoms with Crippen molar-refractivity contribution in [2.75, 3.05) is 0 Å². The van der Waals surface area contributed by atoms with Crippen LogP contribution >= 0.6 is 0 Å². The molecule has 0 aliphatic rings. The molecule has 0 atom stereocenters. The maximum atomic E-state index is 5.16. The molecule has 46 valence electrons. The average Bonchev–Trinajstić information content (AvgIpc) is 1.65. The zero-order valence-electron chi connectivity index (χ0n) is 4.85. The standard InChI is InChI=1S/C5H10N2O/c1-4(6)3-5(2)8-7/h3H,1,6-7H2,2H3/b5-3-. The minimum Gasteiger partial charge on any atom is -0.416 e. The molecule has 0 unspecified atom stereocenters. The van der Waals surface area contributed by atoms with Gasteiger partial charge in [-0.25, -0.2) is 0 Å². The third-order valence-electron chi connectivity index (χ3n) is 0.575. The summed E-state index contributed by atoms with van der Waals surface area (Å²) in [5.41, 5.74) is 5.60. The second-order valence-corrected chi connectivity index (χ2v) is 1.45. The van der Waals surface area contributed by atoms with E-state index in [1.54, 1.807) is 13.0 Å². The topological polar surface area (TPSA) is 61.3 Å². The minimum atomic E-state index is 0.438. The first-order valence-electron chi connectivity index (χ1n) is 2.16. The van der Waals surface area contributed by atoms with Crippen LogP contribution in [0.5, 0.6) is 0 Å². The number of allylic oxidation sites excluding steroid dienone is 2. The summed E-state index contributed by atoms with van der Waals surface area (Å²) >= 11 is 0. The Hall–Kier alpha value is -0.960. The lowest BCUT2D eigenvalue weighted by molar-refractivity contribution is 0.222. The van der Waals surface area contributed by atoms with Crippen molar-refractivity contribution in [3.63, 3.8) is 0 Å². The van der Waals surface area contributed by atoms with E-state index in [-0.39, 0.29) is 0 Å². The van der Waals surface area contributed by atoms with Gasteiger partial charge in [-0.1, -0.05) is 6.58 Å². The van der Waals surface area contributed by atoms with Crippen LogP contribution in [0.2, 0.25) is 0 Å². The zero-order chi connectivity index (χ0) is 6.57. The summed E-state index contributed by atoms with van der Waals surface area (Å²) in [5, 5.41) is 0. The Balaban J connectivity index is 3.75. The van der Waals surface area contributed by atoms with Crippen LogP contribution in [0.15, 0.2) is 24.1 Å². The lowest BCUT2D eigenvalue weighted by Crippen LogP contribution is -1.98. The van der Waals surface area contributed by atoms with Crippen molar-refractivity contribution in [1.82, 2.24) is 0 Å². The fourth-order valence-corrected chi connectivity index (χ4v) is 0.295. The Morgan fingerprint density at radius 2 is 2.25 bits per heavy atom. The van der Waals surface area contributed by atoms with Crippen molar-refractivity contribution in [3.05, 3.63) is 24.1 Å². The van der Waals surface area contributed by atoms with Gasteiger partial charge in [0.25, 0.3) is 0 Å². The Bertz CT molecular complexity index is 118. The molecule has 0 aromatic rings. The third kappa shape index (κ3) is 3.24. The van der Waals surface area contributed by atoms with E-state index in [0.29, 0.717) is 11.5 Å². The minimum absolute atomic E-state index is 0.438. The fourth-order valence-electron chi connectivity index (χ4n) is 0.295.